The van der Waals surface area contributed by atoms with Crippen LogP contribution in [0.4, 0.5) is 0 Å². The van der Waals surface area contributed by atoms with Crippen molar-refractivity contribution < 1.29 is 29.3 Å². The Morgan fingerprint density at radius 2 is 0.789 bits per heavy atom. The summed E-state index contributed by atoms with van der Waals surface area (Å²) in [6.07, 6.45) is -5.23. The summed E-state index contributed by atoms with van der Waals surface area (Å²) >= 11 is 0. The molecule has 0 spiro atoms. The van der Waals surface area contributed by atoms with Gasteiger partial charge in [0.05, 0.1) is 0 Å². The molecule has 0 fully saturated rings. The second-order valence-corrected chi connectivity index (χ2v) is 9.19. The molecule has 6 nitrogen and oxygen atoms in total. The van der Waals surface area contributed by atoms with Crippen LogP contribution < -0.4 is 0 Å². The molecule has 0 saturated carbocycles. The highest BCUT2D eigenvalue weighted by Gasteiger charge is 2.40. The Balaban J connectivity index is 1.73. The highest BCUT2D eigenvalue weighted by molar-refractivity contribution is 5.83. The van der Waals surface area contributed by atoms with E-state index in [2.05, 4.69) is 0 Å². The first-order valence-electron chi connectivity index (χ1n) is 12.3. The van der Waals surface area contributed by atoms with Gasteiger partial charge >= 0.3 is 11.9 Å². The number of carboxylic acid groups (broad SMARTS) is 2. The van der Waals surface area contributed by atoms with Crippen LogP contribution in [-0.4, -0.2) is 34.4 Å². The van der Waals surface area contributed by atoms with E-state index in [0.29, 0.717) is 22.3 Å². The summed E-state index contributed by atoms with van der Waals surface area (Å²) < 4.78 is 12.3. The minimum absolute atomic E-state index is 0.699. The van der Waals surface area contributed by atoms with Crippen LogP contribution in [-0.2, 0) is 19.1 Å². The fourth-order valence-electron chi connectivity index (χ4n) is 4.25. The molecule has 194 valence electrons. The van der Waals surface area contributed by atoms with E-state index in [9.17, 15) is 19.8 Å². The molecule has 0 saturated heterocycles. The van der Waals surface area contributed by atoms with Crippen LogP contribution in [0.15, 0.2) is 109 Å². The number of aliphatic carboxylic acids is 2. The van der Waals surface area contributed by atoms with Crippen LogP contribution in [0.5, 0.6) is 0 Å². The van der Waals surface area contributed by atoms with Gasteiger partial charge in [-0.15, -0.1) is 0 Å². The smallest absolute Gasteiger partial charge is 0.336 e. The van der Waals surface area contributed by atoms with E-state index >= 15 is 0 Å². The molecule has 0 radical (unpaired) electrons. The van der Waals surface area contributed by atoms with Crippen molar-refractivity contribution in [3.8, 4) is 0 Å². The van der Waals surface area contributed by atoms with E-state index < -0.39 is 36.4 Å². The SMILES string of the molecule is Cc1ccc(C(O[C@H](C(=O)O)[C@H](OC(c2ccccc2)c2ccc(C)cc2)C(=O)O)c2ccccc2)cc1. The fourth-order valence-corrected chi connectivity index (χ4v) is 4.25. The van der Waals surface area contributed by atoms with Crippen molar-refractivity contribution in [1.29, 1.82) is 0 Å². The van der Waals surface area contributed by atoms with Crippen LogP contribution in [0.3, 0.4) is 0 Å². The van der Waals surface area contributed by atoms with Crippen molar-refractivity contribution in [2.45, 2.75) is 38.3 Å². The Hall–Kier alpha value is -4.26. The lowest BCUT2D eigenvalue weighted by atomic mass is 9.99. The maximum Gasteiger partial charge on any atom is 0.336 e. The first-order valence-corrected chi connectivity index (χ1v) is 12.3. The van der Waals surface area contributed by atoms with Crippen molar-refractivity contribution in [3.05, 3.63) is 143 Å². The number of aryl methyl sites for hydroxylation is 2. The molecule has 0 bridgehead atoms. The summed E-state index contributed by atoms with van der Waals surface area (Å²) in [6, 6.07) is 33.3. The molecule has 2 unspecified atom stereocenters. The van der Waals surface area contributed by atoms with Gasteiger partial charge < -0.3 is 19.7 Å². The first kappa shape index (κ1) is 26.8. The molecule has 0 aromatic heterocycles. The summed E-state index contributed by atoms with van der Waals surface area (Å²) in [5.41, 5.74) is 4.87. The van der Waals surface area contributed by atoms with Gasteiger partial charge in [0.2, 0.25) is 0 Å². The fraction of sp³-hybridized carbons (Fsp3) is 0.188. The van der Waals surface area contributed by atoms with Crippen LogP contribution in [0.2, 0.25) is 0 Å². The van der Waals surface area contributed by atoms with Crippen LogP contribution in [0, 0.1) is 13.8 Å². The van der Waals surface area contributed by atoms with Gasteiger partial charge in [-0.3, -0.25) is 0 Å². The molecule has 0 heterocycles. The van der Waals surface area contributed by atoms with Gasteiger partial charge in [-0.2, -0.15) is 0 Å². The van der Waals surface area contributed by atoms with Crippen LogP contribution in [0.1, 0.15) is 45.6 Å². The Morgan fingerprint density at radius 3 is 1.08 bits per heavy atom. The van der Waals surface area contributed by atoms with Crippen molar-refractivity contribution in [2.24, 2.45) is 0 Å². The van der Waals surface area contributed by atoms with Gasteiger partial charge in [0, 0.05) is 0 Å². The molecule has 0 aliphatic rings. The molecule has 0 aliphatic heterocycles. The molecule has 6 heteroatoms. The third kappa shape index (κ3) is 6.54. The van der Waals surface area contributed by atoms with Gasteiger partial charge in [0.15, 0.2) is 12.2 Å². The zero-order chi connectivity index (χ0) is 27.1. The highest BCUT2D eigenvalue weighted by Crippen LogP contribution is 2.33. The molecule has 0 aliphatic carbocycles. The Morgan fingerprint density at radius 1 is 0.500 bits per heavy atom. The molecule has 2 N–H and O–H groups in total. The predicted molar refractivity (Wildman–Crippen MR) is 144 cm³/mol. The average Bonchev–Trinajstić information content (AvgIpc) is 2.92. The quantitative estimate of drug-likeness (QED) is 0.252. The van der Waals surface area contributed by atoms with E-state index in [1.54, 1.807) is 0 Å². The van der Waals surface area contributed by atoms with Gasteiger partial charge in [-0.05, 0) is 36.1 Å². The summed E-state index contributed by atoms with van der Waals surface area (Å²) in [7, 11) is 0. The molecule has 4 rings (SSSR count). The molecule has 38 heavy (non-hydrogen) atoms. The lowest BCUT2D eigenvalue weighted by Gasteiger charge is -2.30. The topological polar surface area (TPSA) is 93.1 Å². The second kappa shape index (κ2) is 12.3. The molecule has 4 aromatic carbocycles. The molecule has 4 aromatic rings. The van der Waals surface area contributed by atoms with Gasteiger partial charge in [0.25, 0.3) is 0 Å². The summed E-state index contributed by atoms with van der Waals surface area (Å²) in [4.78, 5) is 25.1. The number of carbonyl (C=O) groups is 2. The minimum atomic E-state index is -1.80. The Kier molecular flexibility index (Phi) is 8.69. The molecular formula is C32H30O6. The van der Waals surface area contributed by atoms with E-state index in [1.165, 1.54) is 0 Å². The Bertz CT molecular complexity index is 1230. The van der Waals surface area contributed by atoms with Crippen molar-refractivity contribution >= 4 is 11.9 Å². The van der Waals surface area contributed by atoms with E-state index in [0.717, 1.165) is 11.1 Å². The first-order chi connectivity index (χ1) is 18.3. The van der Waals surface area contributed by atoms with E-state index in [1.807, 2.05) is 123 Å². The number of hydrogen-bond acceptors (Lipinski definition) is 4. The number of ether oxygens (including phenoxy) is 2. The van der Waals surface area contributed by atoms with Crippen molar-refractivity contribution in [2.75, 3.05) is 0 Å². The summed E-state index contributed by atoms with van der Waals surface area (Å²) in [5, 5.41) is 20.4. The minimum Gasteiger partial charge on any atom is -0.479 e. The van der Waals surface area contributed by atoms with Gasteiger partial charge in [-0.1, -0.05) is 120 Å². The average molecular weight is 511 g/mol. The third-order valence-electron chi connectivity index (χ3n) is 6.29. The predicted octanol–water partition coefficient (Wildman–Crippen LogP) is 6.12. The number of carboxylic acids is 2. The summed E-state index contributed by atoms with van der Waals surface area (Å²) in [5.74, 6) is -2.86. The van der Waals surface area contributed by atoms with Gasteiger partial charge in [0.1, 0.15) is 12.2 Å². The summed E-state index contributed by atoms with van der Waals surface area (Å²) in [6.45, 7) is 3.90. The highest BCUT2D eigenvalue weighted by atomic mass is 16.6. The normalized spacial score (nSPS) is 14.3. The van der Waals surface area contributed by atoms with Crippen molar-refractivity contribution in [3.63, 3.8) is 0 Å². The third-order valence-corrected chi connectivity index (χ3v) is 6.29. The van der Waals surface area contributed by atoms with E-state index in [4.69, 9.17) is 9.47 Å². The zero-order valence-electron chi connectivity index (χ0n) is 21.2. The molecule has 4 atom stereocenters. The number of rotatable bonds is 11. The van der Waals surface area contributed by atoms with Crippen LogP contribution in [0.25, 0.3) is 0 Å². The largest absolute Gasteiger partial charge is 0.479 e. The standard InChI is InChI=1S/C32H30O6/c1-21-13-17-25(18-14-21)27(23-9-5-3-6-10-23)37-29(31(33)34)30(32(35)36)38-28(24-11-7-4-8-12-24)26-19-15-22(2)16-20-26/h3-20,27-30H,1-2H3,(H,33,34)(H,35,36)/t27?,28?,29-,30-/m0/s1. The number of benzene rings is 4. The molecular weight excluding hydrogens is 480 g/mol. The maximum absolute atomic E-state index is 12.5. The van der Waals surface area contributed by atoms with Crippen LogP contribution >= 0.6 is 0 Å². The zero-order valence-corrected chi connectivity index (χ0v) is 21.2. The second-order valence-electron chi connectivity index (χ2n) is 9.19. The van der Waals surface area contributed by atoms with Crippen molar-refractivity contribution in [1.82, 2.24) is 0 Å². The Labute approximate surface area is 222 Å². The maximum atomic E-state index is 12.5. The number of hydrogen-bond donors (Lipinski definition) is 2. The van der Waals surface area contributed by atoms with Gasteiger partial charge in [-0.25, -0.2) is 9.59 Å². The lowest BCUT2D eigenvalue weighted by molar-refractivity contribution is -0.184. The molecule has 0 amide bonds. The monoisotopic (exact) mass is 510 g/mol. The lowest BCUT2D eigenvalue weighted by Crippen LogP contribution is -2.45. The van der Waals surface area contributed by atoms with E-state index in [-0.39, 0.29) is 0 Å².